The Morgan fingerprint density at radius 1 is 0.280 bits per heavy atom. The van der Waals surface area contributed by atoms with Crippen molar-refractivity contribution in [3.8, 4) is 45.4 Å². The molecule has 10 aromatic rings. The van der Waals surface area contributed by atoms with E-state index in [0.29, 0.717) is 17.5 Å². The summed E-state index contributed by atoms with van der Waals surface area (Å²) in [6.07, 6.45) is 0. The highest BCUT2D eigenvalue weighted by Crippen LogP contribution is 2.38. The topological polar surface area (TPSA) is 51.6 Å². The van der Waals surface area contributed by atoms with E-state index >= 15 is 0 Å². The summed E-state index contributed by atoms with van der Waals surface area (Å²) < 4.78 is 0. The molecule has 4 nitrogen and oxygen atoms in total. The fourth-order valence-electron chi connectivity index (χ4n) is 7.17. The molecule has 0 unspecified atom stereocenters. The largest absolute Gasteiger partial charge is 0.247 e. The van der Waals surface area contributed by atoms with Crippen molar-refractivity contribution in [2.24, 2.45) is 0 Å². The molecule has 0 saturated heterocycles. The molecular formula is C46H28N4. The van der Waals surface area contributed by atoms with E-state index in [1.807, 2.05) is 0 Å². The van der Waals surface area contributed by atoms with Gasteiger partial charge in [-0.25, -0.2) is 19.9 Å². The van der Waals surface area contributed by atoms with Gasteiger partial charge in [0, 0.05) is 38.4 Å². The monoisotopic (exact) mass is 636 g/mol. The van der Waals surface area contributed by atoms with Crippen molar-refractivity contribution in [2.45, 2.75) is 0 Å². The number of aromatic nitrogens is 4. The van der Waals surface area contributed by atoms with Crippen LogP contribution in [0.25, 0.3) is 99.4 Å². The van der Waals surface area contributed by atoms with Gasteiger partial charge in [-0.2, -0.15) is 0 Å². The van der Waals surface area contributed by atoms with Gasteiger partial charge in [-0.05, 0) is 56.6 Å². The number of para-hydroxylation sites is 1. The standard InChI is InChI=1S/C46H28N4/c1-3-13-32-26-36(22-20-29(32)10-1)45-48-44(49-46(50-45)37-23-21-30-11-2-4-14-33(30)27-37)35-16-9-15-34(28-35)43-40-25-24-31-12-5-6-17-38(31)42(40)39-18-7-8-19-41(39)47-43/h1-28H. The van der Waals surface area contributed by atoms with Crippen LogP contribution in [0.3, 0.4) is 0 Å². The van der Waals surface area contributed by atoms with Crippen molar-refractivity contribution in [3.63, 3.8) is 0 Å². The van der Waals surface area contributed by atoms with Crippen LogP contribution in [0, 0.1) is 0 Å². The Morgan fingerprint density at radius 3 is 1.44 bits per heavy atom. The molecule has 2 heterocycles. The van der Waals surface area contributed by atoms with Gasteiger partial charge in [-0.1, -0.05) is 146 Å². The van der Waals surface area contributed by atoms with Gasteiger partial charge in [0.1, 0.15) is 0 Å². The molecule has 0 aliphatic carbocycles. The van der Waals surface area contributed by atoms with Crippen LogP contribution in [0.15, 0.2) is 170 Å². The summed E-state index contributed by atoms with van der Waals surface area (Å²) in [5.74, 6) is 1.88. The summed E-state index contributed by atoms with van der Waals surface area (Å²) >= 11 is 0. The molecule has 0 spiro atoms. The van der Waals surface area contributed by atoms with Crippen LogP contribution in [0.2, 0.25) is 0 Å². The summed E-state index contributed by atoms with van der Waals surface area (Å²) in [6.45, 7) is 0. The first-order valence-electron chi connectivity index (χ1n) is 16.8. The molecule has 0 bridgehead atoms. The summed E-state index contributed by atoms with van der Waals surface area (Å²) in [6, 6.07) is 59.3. The van der Waals surface area contributed by atoms with Crippen molar-refractivity contribution in [1.29, 1.82) is 0 Å². The molecule has 50 heavy (non-hydrogen) atoms. The maximum Gasteiger partial charge on any atom is 0.164 e. The second-order valence-electron chi connectivity index (χ2n) is 12.7. The first kappa shape index (κ1) is 28.3. The normalized spacial score (nSPS) is 11.6. The third-order valence-corrected chi connectivity index (χ3v) is 9.63. The minimum Gasteiger partial charge on any atom is -0.247 e. The van der Waals surface area contributed by atoms with Gasteiger partial charge in [-0.15, -0.1) is 0 Å². The smallest absolute Gasteiger partial charge is 0.164 e. The molecule has 232 valence electrons. The molecule has 0 N–H and O–H groups in total. The van der Waals surface area contributed by atoms with Gasteiger partial charge in [0.05, 0.1) is 11.2 Å². The summed E-state index contributed by atoms with van der Waals surface area (Å²) in [4.78, 5) is 20.5. The van der Waals surface area contributed by atoms with Crippen molar-refractivity contribution in [3.05, 3.63) is 170 Å². The molecule has 8 aromatic carbocycles. The Kier molecular flexibility index (Phi) is 6.46. The van der Waals surface area contributed by atoms with E-state index in [-0.39, 0.29) is 0 Å². The van der Waals surface area contributed by atoms with Crippen LogP contribution >= 0.6 is 0 Å². The lowest BCUT2D eigenvalue weighted by atomic mass is 9.95. The van der Waals surface area contributed by atoms with E-state index in [9.17, 15) is 0 Å². The molecule has 0 aliphatic heterocycles. The maximum absolute atomic E-state index is 5.25. The van der Waals surface area contributed by atoms with E-state index in [1.54, 1.807) is 0 Å². The highest BCUT2D eigenvalue weighted by Gasteiger charge is 2.17. The highest BCUT2D eigenvalue weighted by atomic mass is 15.0. The zero-order chi connectivity index (χ0) is 33.0. The van der Waals surface area contributed by atoms with Crippen LogP contribution in [-0.2, 0) is 0 Å². The van der Waals surface area contributed by atoms with E-state index in [2.05, 4.69) is 170 Å². The van der Waals surface area contributed by atoms with E-state index in [0.717, 1.165) is 55.0 Å². The van der Waals surface area contributed by atoms with E-state index in [4.69, 9.17) is 19.9 Å². The Labute approximate surface area is 288 Å². The van der Waals surface area contributed by atoms with Crippen molar-refractivity contribution in [2.75, 3.05) is 0 Å². The fourth-order valence-corrected chi connectivity index (χ4v) is 7.17. The molecule has 0 atom stereocenters. The zero-order valence-electron chi connectivity index (χ0n) is 27.0. The molecule has 0 fully saturated rings. The van der Waals surface area contributed by atoms with Crippen molar-refractivity contribution >= 4 is 54.0 Å². The fraction of sp³-hybridized carbons (Fsp3) is 0. The quantitative estimate of drug-likeness (QED) is 0.180. The van der Waals surface area contributed by atoms with Crippen LogP contribution in [0.1, 0.15) is 0 Å². The summed E-state index contributed by atoms with van der Waals surface area (Å²) in [5.41, 5.74) is 5.70. The van der Waals surface area contributed by atoms with Crippen LogP contribution in [-0.4, -0.2) is 19.9 Å². The second kappa shape index (κ2) is 11.4. The molecule has 0 radical (unpaired) electrons. The molecule has 2 aromatic heterocycles. The molecule has 4 heteroatoms. The van der Waals surface area contributed by atoms with Gasteiger partial charge < -0.3 is 0 Å². The van der Waals surface area contributed by atoms with Crippen LogP contribution in [0.5, 0.6) is 0 Å². The third-order valence-electron chi connectivity index (χ3n) is 9.63. The molecule has 0 saturated carbocycles. The second-order valence-corrected chi connectivity index (χ2v) is 12.7. The van der Waals surface area contributed by atoms with Crippen molar-refractivity contribution in [1.82, 2.24) is 19.9 Å². The lowest BCUT2D eigenvalue weighted by Gasteiger charge is -2.14. The van der Waals surface area contributed by atoms with Gasteiger partial charge >= 0.3 is 0 Å². The SMILES string of the molecule is c1cc(-c2nc(-c3ccc4ccccc4c3)nc(-c3ccc4ccccc4c3)n2)cc(-c2nc3ccccc3c3c2ccc2ccccc23)c1. The Balaban J connectivity index is 1.18. The van der Waals surface area contributed by atoms with Crippen molar-refractivity contribution < 1.29 is 0 Å². The van der Waals surface area contributed by atoms with Gasteiger partial charge in [0.25, 0.3) is 0 Å². The molecule has 0 amide bonds. The first-order valence-corrected chi connectivity index (χ1v) is 16.8. The van der Waals surface area contributed by atoms with Gasteiger partial charge in [0.15, 0.2) is 17.5 Å². The number of nitrogens with zero attached hydrogens (tertiary/aromatic N) is 4. The van der Waals surface area contributed by atoms with Gasteiger partial charge in [0.2, 0.25) is 0 Å². The number of hydrogen-bond donors (Lipinski definition) is 0. The highest BCUT2D eigenvalue weighted by molar-refractivity contribution is 6.22. The predicted molar refractivity (Wildman–Crippen MR) is 207 cm³/mol. The third kappa shape index (κ3) is 4.77. The number of hydrogen-bond acceptors (Lipinski definition) is 4. The Bertz CT molecular complexity index is 2830. The molecule has 0 aliphatic rings. The minimum atomic E-state index is 0.615. The molecule has 10 rings (SSSR count). The number of pyridine rings is 1. The Morgan fingerprint density at radius 2 is 0.780 bits per heavy atom. The lowest BCUT2D eigenvalue weighted by Crippen LogP contribution is -2.00. The lowest BCUT2D eigenvalue weighted by molar-refractivity contribution is 1.08. The predicted octanol–water partition coefficient (Wildman–Crippen LogP) is 11.7. The summed E-state index contributed by atoms with van der Waals surface area (Å²) in [7, 11) is 0. The number of fused-ring (bicyclic) bond motifs is 7. The number of rotatable bonds is 4. The molecular weight excluding hydrogens is 609 g/mol. The van der Waals surface area contributed by atoms with Crippen LogP contribution in [0.4, 0.5) is 0 Å². The van der Waals surface area contributed by atoms with E-state index in [1.165, 1.54) is 26.9 Å². The number of benzene rings is 8. The minimum absolute atomic E-state index is 0.615. The Hall–Kier alpha value is -6.78. The average molecular weight is 637 g/mol. The van der Waals surface area contributed by atoms with Crippen LogP contribution < -0.4 is 0 Å². The maximum atomic E-state index is 5.25. The average Bonchev–Trinajstić information content (AvgIpc) is 3.19. The zero-order valence-corrected chi connectivity index (χ0v) is 27.0. The van der Waals surface area contributed by atoms with E-state index < -0.39 is 0 Å². The first-order chi connectivity index (χ1) is 24.7. The van der Waals surface area contributed by atoms with Gasteiger partial charge in [-0.3, -0.25) is 0 Å². The summed E-state index contributed by atoms with van der Waals surface area (Å²) in [5, 5.41) is 10.5.